The number of nitrogens with zero attached hydrogens (tertiary/aromatic N) is 1. The molecule has 2 rings (SSSR count). The van der Waals surface area contributed by atoms with Crippen molar-refractivity contribution < 1.29 is 4.79 Å². The molecule has 0 fully saturated rings. The zero-order valence-electron chi connectivity index (χ0n) is 8.86. The van der Waals surface area contributed by atoms with E-state index in [9.17, 15) is 4.79 Å². The summed E-state index contributed by atoms with van der Waals surface area (Å²) in [4.78, 5) is 15.9. The number of nitrogens with one attached hydrogen (secondary N) is 2. The average molecular weight is 218 g/mol. The quantitative estimate of drug-likeness (QED) is 0.479. The molecule has 1 aromatic rings. The van der Waals surface area contributed by atoms with Crippen molar-refractivity contribution in [2.24, 2.45) is 4.99 Å². The first-order chi connectivity index (χ1) is 7.75. The fraction of sp³-hybridized carbons (Fsp3) is 0.273. The Kier molecular flexibility index (Phi) is 3.05. The van der Waals surface area contributed by atoms with Crippen molar-refractivity contribution >= 4 is 17.4 Å². The summed E-state index contributed by atoms with van der Waals surface area (Å²) in [6.45, 7) is 0.830. The van der Waals surface area contributed by atoms with Crippen LogP contribution in [0.2, 0.25) is 0 Å². The molecule has 84 valence electrons. The molecule has 0 saturated carbocycles. The van der Waals surface area contributed by atoms with Crippen molar-refractivity contribution in [2.75, 3.05) is 12.3 Å². The number of amidine groups is 1. The third-order valence-electron chi connectivity index (χ3n) is 2.34. The molecule has 0 aliphatic carbocycles. The molecule has 0 atom stereocenters. The van der Waals surface area contributed by atoms with Crippen LogP contribution in [0.3, 0.4) is 0 Å². The van der Waals surface area contributed by atoms with Gasteiger partial charge in [0.1, 0.15) is 5.84 Å². The maximum atomic E-state index is 11.7. The lowest BCUT2D eigenvalue weighted by Crippen LogP contribution is -2.40. The summed E-state index contributed by atoms with van der Waals surface area (Å²) in [5.74, 6) is 0.624. The maximum Gasteiger partial charge on any atom is 0.269 e. The number of amides is 1. The fourth-order valence-electron chi connectivity index (χ4n) is 1.52. The Bertz CT molecular complexity index is 428. The summed E-state index contributed by atoms with van der Waals surface area (Å²) in [6, 6.07) is 6.83. The summed E-state index contributed by atoms with van der Waals surface area (Å²) in [6.07, 6.45) is 1.92. The Morgan fingerprint density at radius 3 is 3.00 bits per heavy atom. The predicted molar refractivity (Wildman–Crippen MR) is 63.0 cm³/mol. The minimum absolute atomic E-state index is 0.207. The largest absolute Gasteiger partial charge is 0.399 e. The van der Waals surface area contributed by atoms with Crippen LogP contribution < -0.4 is 16.6 Å². The summed E-state index contributed by atoms with van der Waals surface area (Å²) in [5, 5.41) is 0. The van der Waals surface area contributed by atoms with Gasteiger partial charge < -0.3 is 5.73 Å². The zero-order chi connectivity index (χ0) is 11.4. The van der Waals surface area contributed by atoms with Gasteiger partial charge in [0.2, 0.25) is 0 Å². The van der Waals surface area contributed by atoms with E-state index in [0.717, 1.165) is 25.2 Å². The SMILES string of the molecule is Nc1cccc(C(=O)NNC2=NCCC2)c1. The van der Waals surface area contributed by atoms with E-state index in [4.69, 9.17) is 5.73 Å². The van der Waals surface area contributed by atoms with Gasteiger partial charge in [-0.2, -0.15) is 0 Å². The number of carbonyl (C=O) groups excluding carboxylic acids is 1. The number of hydrazine groups is 1. The van der Waals surface area contributed by atoms with Crippen molar-refractivity contribution in [3.05, 3.63) is 29.8 Å². The highest BCUT2D eigenvalue weighted by atomic mass is 16.2. The van der Waals surface area contributed by atoms with E-state index >= 15 is 0 Å². The lowest BCUT2D eigenvalue weighted by Gasteiger charge is -2.08. The number of rotatable bonds is 1. The molecular weight excluding hydrogens is 204 g/mol. The summed E-state index contributed by atoms with van der Waals surface area (Å²) < 4.78 is 0. The van der Waals surface area contributed by atoms with Crippen LogP contribution >= 0.6 is 0 Å². The molecule has 0 aromatic heterocycles. The first kappa shape index (κ1) is 10.5. The minimum atomic E-state index is -0.207. The minimum Gasteiger partial charge on any atom is -0.399 e. The highest BCUT2D eigenvalue weighted by Gasteiger charge is 2.08. The van der Waals surface area contributed by atoms with Crippen molar-refractivity contribution in [1.82, 2.24) is 10.9 Å². The number of anilines is 1. The highest BCUT2D eigenvalue weighted by Crippen LogP contribution is 2.06. The van der Waals surface area contributed by atoms with E-state index in [1.165, 1.54) is 0 Å². The molecule has 1 aromatic carbocycles. The van der Waals surface area contributed by atoms with Gasteiger partial charge in [0, 0.05) is 24.2 Å². The molecule has 1 aliphatic heterocycles. The van der Waals surface area contributed by atoms with Crippen molar-refractivity contribution in [3.63, 3.8) is 0 Å². The van der Waals surface area contributed by atoms with Crippen LogP contribution in [0.1, 0.15) is 23.2 Å². The number of benzene rings is 1. The van der Waals surface area contributed by atoms with Crippen LogP contribution in [-0.2, 0) is 0 Å². The molecule has 0 saturated heterocycles. The lowest BCUT2D eigenvalue weighted by molar-refractivity contribution is 0.0943. The van der Waals surface area contributed by atoms with Crippen molar-refractivity contribution in [3.8, 4) is 0 Å². The smallest absolute Gasteiger partial charge is 0.269 e. The van der Waals surface area contributed by atoms with E-state index in [0.29, 0.717) is 11.3 Å². The molecule has 0 spiro atoms. The topological polar surface area (TPSA) is 79.5 Å². The van der Waals surface area contributed by atoms with Crippen LogP contribution in [0.25, 0.3) is 0 Å². The second-order valence-corrected chi connectivity index (χ2v) is 3.64. The first-order valence-electron chi connectivity index (χ1n) is 5.21. The van der Waals surface area contributed by atoms with E-state index in [-0.39, 0.29) is 5.91 Å². The van der Waals surface area contributed by atoms with Gasteiger partial charge >= 0.3 is 0 Å². The number of aliphatic imine (C=N–C) groups is 1. The third kappa shape index (κ3) is 2.50. The van der Waals surface area contributed by atoms with Gasteiger partial charge in [-0.3, -0.25) is 20.6 Å². The second kappa shape index (κ2) is 4.65. The third-order valence-corrected chi connectivity index (χ3v) is 2.34. The maximum absolute atomic E-state index is 11.7. The van der Waals surface area contributed by atoms with Gasteiger partial charge in [0.15, 0.2) is 0 Å². The normalized spacial score (nSPS) is 14.4. The van der Waals surface area contributed by atoms with E-state index in [1.54, 1.807) is 24.3 Å². The van der Waals surface area contributed by atoms with Crippen molar-refractivity contribution in [1.29, 1.82) is 0 Å². The van der Waals surface area contributed by atoms with Crippen LogP contribution in [0.15, 0.2) is 29.3 Å². The number of hydrogen-bond donors (Lipinski definition) is 3. The number of carbonyl (C=O) groups is 1. The molecule has 1 aliphatic rings. The van der Waals surface area contributed by atoms with Gasteiger partial charge in [0.25, 0.3) is 5.91 Å². The predicted octanol–water partition coefficient (Wildman–Crippen LogP) is 0.695. The van der Waals surface area contributed by atoms with Crippen LogP contribution in [0, 0.1) is 0 Å². The van der Waals surface area contributed by atoms with E-state index in [1.807, 2.05) is 0 Å². The van der Waals surface area contributed by atoms with Gasteiger partial charge in [0.05, 0.1) is 0 Å². The number of hydrogen-bond acceptors (Lipinski definition) is 4. The number of nitrogens with two attached hydrogens (primary N) is 1. The zero-order valence-corrected chi connectivity index (χ0v) is 8.86. The molecule has 4 N–H and O–H groups in total. The van der Waals surface area contributed by atoms with Gasteiger partial charge in [-0.05, 0) is 24.6 Å². The molecule has 5 nitrogen and oxygen atoms in total. The first-order valence-corrected chi connectivity index (χ1v) is 5.21. The Hall–Kier alpha value is -2.04. The molecule has 1 heterocycles. The standard InChI is InChI=1S/C11H14N4O/c12-9-4-1-3-8(7-9)11(16)15-14-10-5-2-6-13-10/h1,3-4,7H,2,5-6,12H2,(H,13,14)(H,15,16). The molecule has 1 amide bonds. The van der Waals surface area contributed by atoms with Gasteiger partial charge in [-0.25, -0.2) is 0 Å². The average Bonchev–Trinajstić information content (AvgIpc) is 2.78. The molecule has 0 bridgehead atoms. The Labute approximate surface area is 93.7 Å². The molecule has 5 heteroatoms. The van der Waals surface area contributed by atoms with Gasteiger partial charge in [-0.15, -0.1) is 0 Å². The summed E-state index contributed by atoms with van der Waals surface area (Å²) in [7, 11) is 0. The molecular formula is C11H14N4O. The highest BCUT2D eigenvalue weighted by molar-refractivity contribution is 5.96. The molecule has 16 heavy (non-hydrogen) atoms. The van der Waals surface area contributed by atoms with Gasteiger partial charge in [-0.1, -0.05) is 6.07 Å². The van der Waals surface area contributed by atoms with Crippen LogP contribution in [-0.4, -0.2) is 18.3 Å². The summed E-state index contributed by atoms with van der Waals surface area (Å²) >= 11 is 0. The fourth-order valence-corrected chi connectivity index (χ4v) is 1.52. The summed E-state index contributed by atoms with van der Waals surface area (Å²) in [5.41, 5.74) is 12.1. The Balaban J connectivity index is 1.92. The van der Waals surface area contributed by atoms with Crippen LogP contribution in [0.5, 0.6) is 0 Å². The Morgan fingerprint density at radius 1 is 1.44 bits per heavy atom. The van der Waals surface area contributed by atoms with E-state index in [2.05, 4.69) is 15.8 Å². The second-order valence-electron chi connectivity index (χ2n) is 3.64. The van der Waals surface area contributed by atoms with Crippen molar-refractivity contribution in [2.45, 2.75) is 12.8 Å². The monoisotopic (exact) mass is 218 g/mol. The van der Waals surface area contributed by atoms with Crippen LogP contribution in [0.4, 0.5) is 5.69 Å². The number of nitrogen functional groups attached to an aromatic ring is 1. The lowest BCUT2D eigenvalue weighted by atomic mass is 10.2. The Morgan fingerprint density at radius 2 is 2.31 bits per heavy atom. The molecule has 0 radical (unpaired) electrons. The van der Waals surface area contributed by atoms with E-state index < -0.39 is 0 Å². The molecule has 0 unspecified atom stereocenters.